The third-order valence-corrected chi connectivity index (χ3v) is 6.55. The molecule has 1 fully saturated rings. The Kier molecular flexibility index (Phi) is 9.45. The van der Waals surface area contributed by atoms with Crippen molar-refractivity contribution in [2.75, 3.05) is 13.7 Å². The lowest BCUT2D eigenvalue weighted by Gasteiger charge is -2.24. The summed E-state index contributed by atoms with van der Waals surface area (Å²) in [7, 11) is 1.32. The Hall–Kier alpha value is -4.46. The van der Waals surface area contributed by atoms with Gasteiger partial charge < -0.3 is 20.1 Å². The van der Waals surface area contributed by atoms with Crippen LogP contribution in [0.2, 0.25) is 0 Å². The average molecular weight is 528 g/mol. The van der Waals surface area contributed by atoms with E-state index in [1.165, 1.54) is 7.11 Å². The number of carbonyl (C=O) groups excluding carboxylic acids is 3. The fourth-order valence-electron chi connectivity index (χ4n) is 4.12. The van der Waals surface area contributed by atoms with E-state index in [2.05, 4.69) is 15.6 Å². The summed E-state index contributed by atoms with van der Waals surface area (Å²) >= 11 is 0. The molecule has 1 aromatic heterocycles. The number of benzene rings is 2. The standard InChI is InChI=1S/C31H33N3O5/c1-21(29(35)33-18-22-10-11-22)17-27(26-9-6-16-32-19-26)28(24-12-14-25(15-13-24)30(36)38-2)34-31(37)39-20-23-7-4-3-5-8-23/h3-9,12-17,19,21-22,28H,10-11,18,20H2,1-2H3,(H,33,35)(H,34,37)/b27-17+/t21-,28?/m1/s1. The summed E-state index contributed by atoms with van der Waals surface area (Å²) in [4.78, 5) is 42.2. The maximum Gasteiger partial charge on any atom is 0.408 e. The van der Waals surface area contributed by atoms with Gasteiger partial charge in [0.2, 0.25) is 5.91 Å². The van der Waals surface area contributed by atoms with E-state index in [0.29, 0.717) is 29.2 Å². The molecule has 1 unspecified atom stereocenters. The Morgan fingerprint density at radius 3 is 2.38 bits per heavy atom. The molecule has 1 saturated carbocycles. The molecule has 0 aliphatic heterocycles. The number of nitrogens with one attached hydrogen (secondary N) is 2. The molecule has 0 bridgehead atoms. The molecule has 1 aliphatic carbocycles. The number of alkyl carbamates (subject to hydrolysis) is 1. The minimum absolute atomic E-state index is 0.0882. The Balaban J connectivity index is 1.65. The van der Waals surface area contributed by atoms with Gasteiger partial charge in [-0.3, -0.25) is 9.78 Å². The van der Waals surface area contributed by atoms with Crippen LogP contribution in [0.3, 0.4) is 0 Å². The monoisotopic (exact) mass is 527 g/mol. The molecule has 202 valence electrons. The van der Waals surface area contributed by atoms with Crippen molar-refractivity contribution in [3.05, 3.63) is 107 Å². The minimum Gasteiger partial charge on any atom is -0.465 e. The maximum atomic E-state index is 13.0. The first-order valence-corrected chi connectivity index (χ1v) is 13.0. The van der Waals surface area contributed by atoms with Crippen molar-refractivity contribution in [3.8, 4) is 0 Å². The predicted molar refractivity (Wildman–Crippen MR) is 147 cm³/mol. The average Bonchev–Trinajstić information content (AvgIpc) is 3.82. The molecule has 1 heterocycles. The van der Waals surface area contributed by atoms with Crippen LogP contribution in [-0.2, 0) is 20.9 Å². The van der Waals surface area contributed by atoms with Crippen LogP contribution in [0.1, 0.15) is 52.9 Å². The zero-order chi connectivity index (χ0) is 27.6. The molecule has 2 amide bonds. The summed E-state index contributed by atoms with van der Waals surface area (Å²) in [6, 6.07) is 19.1. The van der Waals surface area contributed by atoms with Crippen LogP contribution in [0.25, 0.3) is 5.57 Å². The first-order chi connectivity index (χ1) is 18.9. The number of nitrogens with zero attached hydrogens (tertiary/aromatic N) is 1. The van der Waals surface area contributed by atoms with Gasteiger partial charge in [0.05, 0.1) is 24.6 Å². The zero-order valence-corrected chi connectivity index (χ0v) is 22.1. The van der Waals surface area contributed by atoms with Crippen LogP contribution >= 0.6 is 0 Å². The summed E-state index contributed by atoms with van der Waals surface area (Å²) < 4.78 is 10.3. The van der Waals surface area contributed by atoms with Crippen molar-refractivity contribution in [2.24, 2.45) is 11.8 Å². The highest BCUT2D eigenvalue weighted by Gasteiger charge is 2.26. The van der Waals surface area contributed by atoms with E-state index < -0.39 is 24.0 Å². The number of methoxy groups -OCH3 is 1. The highest BCUT2D eigenvalue weighted by atomic mass is 16.5. The van der Waals surface area contributed by atoms with Gasteiger partial charge >= 0.3 is 12.1 Å². The van der Waals surface area contributed by atoms with Crippen molar-refractivity contribution >= 4 is 23.5 Å². The topological polar surface area (TPSA) is 107 Å². The number of carbonyl (C=O) groups is 3. The summed E-state index contributed by atoms with van der Waals surface area (Å²) in [5, 5.41) is 5.99. The Morgan fingerprint density at radius 1 is 1.00 bits per heavy atom. The molecule has 3 aromatic rings. The smallest absolute Gasteiger partial charge is 0.408 e. The molecule has 4 rings (SSSR count). The van der Waals surface area contributed by atoms with E-state index in [1.807, 2.05) is 49.4 Å². The lowest BCUT2D eigenvalue weighted by atomic mass is 9.90. The third kappa shape index (κ3) is 8.01. The molecule has 0 saturated heterocycles. The highest BCUT2D eigenvalue weighted by Crippen LogP contribution is 2.32. The predicted octanol–water partition coefficient (Wildman–Crippen LogP) is 5.08. The Bertz CT molecular complexity index is 1290. The molecule has 8 heteroatoms. The van der Waals surface area contributed by atoms with E-state index >= 15 is 0 Å². The Labute approximate surface area is 228 Å². The number of aromatic nitrogens is 1. The van der Waals surface area contributed by atoms with Crippen LogP contribution in [0.4, 0.5) is 4.79 Å². The summed E-state index contributed by atoms with van der Waals surface area (Å²) in [6.07, 6.45) is 6.85. The molecule has 2 N–H and O–H groups in total. The number of amides is 2. The molecule has 2 aromatic carbocycles. The van der Waals surface area contributed by atoms with E-state index in [4.69, 9.17) is 9.47 Å². The van der Waals surface area contributed by atoms with Crippen LogP contribution in [0, 0.1) is 11.8 Å². The van der Waals surface area contributed by atoms with Crippen molar-refractivity contribution < 1.29 is 23.9 Å². The summed E-state index contributed by atoms with van der Waals surface area (Å²) in [5.41, 5.74) is 3.35. The van der Waals surface area contributed by atoms with Crippen LogP contribution in [0.15, 0.2) is 85.2 Å². The third-order valence-electron chi connectivity index (χ3n) is 6.55. The molecule has 2 atom stereocenters. The van der Waals surface area contributed by atoms with Gasteiger partial charge in [0.1, 0.15) is 6.61 Å². The second kappa shape index (κ2) is 13.4. The maximum absolute atomic E-state index is 13.0. The van der Waals surface area contributed by atoms with E-state index in [1.54, 1.807) is 42.7 Å². The SMILES string of the molecule is COC(=O)c1ccc(C(NC(=O)OCc2ccccc2)/C(=C/[C@@H](C)C(=O)NCC2CC2)c2cccnc2)cc1. The second-order valence-electron chi connectivity index (χ2n) is 9.59. The number of hydrogen-bond acceptors (Lipinski definition) is 6. The number of hydrogen-bond donors (Lipinski definition) is 2. The number of rotatable bonds is 11. The fraction of sp³-hybridized carbons (Fsp3) is 0.290. The minimum atomic E-state index is -0.692. The normalized spacial score (nSPS) is 14.6. The number of ether oxygens (including phenoxy) is 2. The Morgan fingerprint density at radius 2 is 1.74 bits per heavy atom. The van der Waals surface area contributed by atoms with Gasteiger partial charge in [-0.05, 0) is 59.2 Å². The zero-order valence-electron chi connectivity index (χ0n) is 22.1. The molecular formula is C31H33N3O5. The fourth-order valence-corrected chi connectivity index (χ4v) is 4.12. The van der Waals surface area contributed by atoms with Crippen molar-refractivity contribution in [1.82, 2.24) is 15.6 Å². The lowest BCUT2D eigenvalue weighted by molar-refractivity contribution is -0.123. The van der Waals surface area contributed by atoms with Gasteiger partial charge in [-0.15, -0.1) is 0 Å². The first kappa shape index (κ1) is 27.6. The molecule has 0 radical (unpaired) electrons. The number of esters is 1. The second-order valence-corrected chi connectivity index (χ2v) is 9.59. The van der Waals surface area contributed by atoms with Gasteiger partial charge in [-0.2, -0.15) is 0 Å². The summed E-state index contributed by atoms with van der Waals surface area (Å²) in [5.74, 6) is -0.463. The summed E-state index contributed by atoms with van der Waals surface area (Å²) in [6.45, 7) is 2.60. The molecule has 0 spiro atoms. The molecule has 8 nitrogen and oxygen atoms in total. The van der Waals surface area contributed by atoms with Crippen LogP contribution in [0.5, 0.6) is 0 Å². The largest absolute Gasteiger partial charge is 0.465 e. The van der Waals surface area contributed by atoms with Crippen molar-refractivity contribution in [3.63, 3.8) is 0 Å². The van der Waals surface area contributed by atoms with Gasteiger partial charge in [0, 0.05) is 18.9 Å². The highest BCUT2D eigenvalue weighted by molar-refractivity contribution is 5.89. The van der Waals surface area contributed by atoms with E-state index in [9.17, 15) is 14.4 Å². The van der Waals surface area contributed by atoms with Crippen LogP contribution < -0.4 is 10.6 Å². The van der Waals surface area contributed by atoms with E-state index in [-0.39, 0.29) is 12.5 Å². The van der Waals surface area contributed by atoms with Gasteiger partial charge in [0.25, 0.3) is 0 Å². The molecule has 1 aliphatic rings. The molecule has 39 heavy (non-hydrogen) atoms. The van der Waals surface area contributed by atoms with Gasteiger partial charge in [-0.25, -0.2) is 9.59 Å². The number of pyridine rings is 1. The van der Waals surface area contributed by atoms with Gasteiger partial charge in [-0.1, -0.05) is 61.5 Å². The van der Waals surface area contributed by atoms with Gasteiger partial charge in [0.15, 0.2) is 0 Å². The van der Waals surface area contributed by atoms with Crippen molar-refractivity contribution in [1.29, 1.82) is 0 Å². The van der Waals surface area contributed by atoms with E-state index in [0.717, 1.165) is 24.0 Å². The lowest BCUT2D eigenvalue weighted by Crippen LogP contribution is -2.32. The first-order valence-electron chi connectivity index (χ1n) is 13.0. The van der Waals surface area contributed by atoms with Crippen LogP contribution in [-0.4, -0.2) is 36.6 Å². The quantitative estimate of drug-likeness (QED) is 0.337. The molecular weight excluding hydrogens is 494 g/mol. The van der Waals surface area contributed by atoms with Crippen molar-refractivity contribution in [2.45, 2.75) is 32.4 Å².